The molecular formula is C24H24N6O2S3. The van der Waals surface area contributed by atoms with E-state index in [1.807, 2.05) is 0 Å². The maximum atomic E-state index is 12.5. The smallest absolute Gasteiger partial charge is 0.230 e. The molecule has 0 aliphatic carbocycles. The van der Waals surface area contributed by atoms with Crippen LogP contribution in [0.2, 0.25) is 0 Å². The maximum Gasteiger partial charge on any atom is 0.230 e. The Balaban J connectivity index is 1.19. The lowest BCUT2D eigenvalue weighted by Crippen LogP contribution is -2.14. The Morgan fingerprint density at radius 2 is 1.14 bits per heavy atom. The van der Waals surface area contributed by atoms with Crippen LogP contribution in [-0.2, 0) is 35.3 Å². The highest BCUT2D eigenvalue weighted by Gasteiger charge is 2.11. The van der Waals surface area contributed by atoms with E-state index in [9.17, 15) is 9.59 Å². The van der Waals surface area contributed by atoms with Gasteiger partial charge in [0, 0.05) is 12.8 Å². The Kier molecular flexibility index (Phi) is 5.63. The van der Waals surface area contributed by atoms with E-state index < -0.39 is 85.1 Å². The summed E-state index contributed by atoms with van der Waals surface area (Å²) in [6, 6.07) is -4.74. The van der Waals surface area contributed by atoms with Gasteiger partial charge in [-0.1, -0.05) is 83.1 Å². The number of anilines is 2. The van der Waals surface area contributed by atoms with E-state index >= 15 is 0 Å². The van der Waals surface area contributed by atoms with Gasteiger partial charge in [-0.05, 0) is 22.6 Å². The highest BCUT2D eigenvalue weighted by Crippen LogP contribution is 2.20. The summed E-state index contributed by atoms with van der Waals surface area (Å²) in [5.41, 5.74) is -0.198. The number of carbonyl (C=O) groups excluding carboxylic acids is 2. The summed E-state index contributed by atoms with van der Waals surface area (Å²) < 4.78 is 78.0. The number of aromatic nitrogens is 4. The minimum absolute atomic E-state index is 0.0991. The first-order chi connectivity index (χ1) is 21.3. The molecule has 0 bridgehead atoms. The largest absolute Gasteiger partial charge is 0.300 e. The van der Waals surface area contributed by atoms with Gasteiger partial charge in [0.25, 0.3) is 0 Å². The van der Waals surface area contributed by atoms with Crippen molar-refractivity contribution < 1.29 is 23.3 Å². The van der Waals surface area contributed by atoms with Gasteiger partial charge >= 0.3 is 0 Å². The minimum Gasteiger partial charge on any atom is -0.300 e. The molecule has 2 heterocycles. The SMILES string of the molecule is [2H]c1c([2H])c([2H])c(CC(=O)Nc2nnc(CCSCCc3nnc(NC(=O)Cc4c([2H])c([2H])c([2H])c([2H])c4[2H])s3)s2)c([2H])c1[2H]. The third-order valence-electron chi connectivity index (χ3n) is 4.13. The molecule has 180 valence electrons. The van der Waals surface area contributed by atoms with Crippen molar-refractivity contribution in [3.05, 3.63) is 81.6 Å². The molecule has 0 unspecified atom stereocenters. The molecule has 0 atom stereocenters. The zero-order chi connectivity index (χ0) is 33.0. The van der Waals surface area contributed by atoms with Crippen LogP contribution in [0, 0.1) is 0 Å². The van der Waals surface area contributed by atoms with E-state index in [-0.39, 0.29) is 21.4 Å². The van der Waals surface area contributed by atoms with Gasteiger partial charge in [0.15, 0.2) is 0 Å². The Morgan fingerprint density at radius 3 is 1.57 bits per heavy atom. The van der Waals surface area contributed by atoms with Crippen LogP contribution < -0.4 is 10.6 Å². The zero-order valence-corrected chi connectivity index (χ0v) is 20.5. The standard InChI is InChI=1S/C24H24N6O2S3/c31-19(15-17-7-3-1-4-8-17)25-23-29-27-21(34-23)11-13-33-14-12-22-28-30-24(35-22)26-20(32)16-18-9-5-2-6-10-18/h1-10H,11-16H2,(H,25,29,31)(H,26,30,32)/i1D,2D,3D,4D,5D,6D,7D,8D,9D,10D. The van der Waals surface area contributed by atoms with Crippen LogP contribution in [0.1, 0.15) is 34.8 Å². The third-order valence-corrected chi connectivity index (χ3v) is 6.91. The van der Waals surface area contributed by atoms with Crippen LogP contribution in [0.15, 0.2) is 60.4 Å². The summed E-state index contributed by atoms with van der Waals surface area (Å²) in [6.07, 6.45) is 0.345. The van der Waals surface area contributed by atoms with Crippen LogP contribution in [-0.4, -0.2) is 43.7 Å². The van der Waals surface area contributed by atoms with Gasteiger partial charge in [-0.2, -0.15) is 11.8 Å². The van der Waals surface area contributed by atoms with E-state index in [2.05, 4.69) is 31.0 Å². The number of hydrogen-bond acceptors (Lipinski definition) is 9. The van der Waals surface area contributed by atoms with Crippen molar-refractivity contribution in [2.24, 2.45) is 0 Å². The Hall–Kier alpha value is -3.15. The Bertz CT molecular complexity index is 1590. The van der Waals surface area contributed by atoms with Crippen molar-refractivity contribution in [1.29, 1.82) is 0 Å². The molecule has 0 aliphatic rings. The van der Waals surface area contributed by atoms with Crippen molar-refractivity contribution in [1.82, 2.24) is 20.4 Å². The molecule has 4 rings (SSSR count). The topological polar surface area (TPSA) is 110 Å². The van der Waals surface area contributed by atoms with Crippen molar-refractivity contribution >= 4 is 56.5 Å². The first-order valence-corrected chi connectivity index (χ1v) is 13.0. The normalized spacial score (nSPS) is 14.7. The average Bonchev–Trinajstić information content (AvgIpc) is 3.66. The van der Waals surface area contributed by atoms with Crippen LogP contribution >= 0.6 is 34.4 Å². The fourth-order valence-electron chi connectivity index (χ4n) is 2.61. The lowest BCUT2D eigenvalue weighted by Gasteiger charge is -2.01. The molecule has 2 N–H and O–H groups in total. The first-order valence-electron chi connectivity index (χ1n) is 15.2. The van der Waals surface area contributed by atoms with Crippen LogP contribution in [0.5, 0.6) is 0 Å². The van der Waals surface area contributed by atoms with Crippen LogP contribution in [0.25, 0.3) is 0 Å². The number of rotatable bonds is 12. The molecule has 2 amide bonds. The quantitative estimate of drug-likeness (QED) is 0.261. The highest BCUT2D eigenvalue weighted by molar-refractivity contribution is 7.99. The second-order valence-corrected chi connectivity index (χ2v) is 10.1. The number of benzene rings is 2. The summed E-state index contributed by atoms with van der Waals surface area (Å²) in [4.78, 5) is 24.9. The molecule has 8 nitrogen and oxygen atoms in total. The second-order valence-electron chi connectivity index (χ2n) is 6.77. The molecule has 11 heteroatoms. The lowest BCUT2D eigenvalue weighted by atomic mass is 10.1. The molecule has 0 aliphatic heterocycles. The molecule has 0 saturated carbocycles. The van der Waals surface area contributed by atoms with Gasteiger partial charge < -0.3 is 10.6 Å². The van der Waals surface area contributed by atoms with E-state index in [0.717, 1.165) is 0 Å². The fourth-order valence-corrected chi connectivity index (χ4v) is 5.26. The molecule has 0 radical (unpaired) electrons. The summed E-state index contributed by atoms with van der Waals surface area (Å²) in [5.74, 6) is 0.246. The van der Waals surface area contributed by atoms with Crippen molar-refractivity contribution in [3.63, 3.8) is 0 Å². The van der Waals surface area contributed by atoms with Crippen molar-refractivity contribution in [2.75, 3.05) is 22.1 Å². The monoisotopic (exact) mass is 534 g/mol. The fraction of sp³-hybridized carbons (Fsp3) is 0.250. The molecule has 35 heavy (non-hydrogen) atoms. The summed E-state index contributed by atoms with van der Waals surface area (Å²) >= 11 is 3.98. The summed E-state index contributed by atoms with van der Waals surface area (Å²) in [5, 5.41) is 23.0. The Morgan fingerprint density at radius 1 is 0.714 bits per heavy atom. The number of nitrogens with one attached hydrogen (secondary N) is 2. The van der Waals surface area contributed by atoms with Gasteiger partial charge in [-0.3, -0.25) is 9.59 Å². The molecule has 0 spiro atoms. The van der Waals surface area contributed by atoms with E-state index in [1.165, 1.54) is 22.7 Å². The number of thioether (sulfide) groups is 1. The maximum absolute atomic E-state index is 12.5. The van der Waals surface area contributed by atoms with Crippen molar-refractivity contribution in [2.45, 2.75) is 25.7 Å². The predicted molar refractivity (Wildman–Crippen MR) is 142 cm³/mol. The van der Waals surface area contributed by atoms with Gasteiger partial charge in [0.05, 0.1) is 26.5 Å². The molecule has 0 saturated heterocycles. The van der Waals surface area contributed by atoms with Gasteiger partial charge in [0.2, 0.25) is 22.1 Å². The zero-order valence-electron chi connectivity index (χ0n) is 28.1. The number of amides is 2. The van der Waals surface area contributed by atoms with Gasteiger partial charge in [-0.15, -0.1) is 20.4 Å². The van der Waals surface area contributed by atoms with Gasteiger partial charge in [-0.25, -0.2) is 0 Å². The molecule has 0 fully saturated rings. The molecular weight excluding hydrogens is 501 g/mol. The predicted octanol–water partition coefficient (Wildman–Crippen LogP) is 4.27. The van der Waals surface area contributed by atoms with E-state index in [1.54, 1.807) is 11.8 Å². The second kappa shape index (κ2) is 13.1. The van der Waals surface area contributed by atoms with Crippen LogP contribution in [0.4, 0.5) is 10.3 Å². The first kappa shape index (κ1) is 15.1. The van der Waals surface area contributed by atoms with Crippen molar-refractivity contribution in [3.8, 4) is 0 Å². The molecule has 2 aromatic heterocycles. The molecule has 2 aromatic carbocycles. The third kappa shape index (κ3) is 8.53. The number of carbonyl (C=O) groups is 2. The molecule has 4 aromatic rings. The minimum atomic E-state index is -0.577. The summed E-state index contributed by atoms with van der Waals surface area (Å²) in [6.45, 7) is 0. The Labute approximate surface area is 229 Å². The van der Waals surface area contributed by atoms with E-state index in [4.69, 9.17) is 13.7 Å². The number of hydrogen-bond donors (Lipinski definition) is 2. The van der Waals surface area contributed by atoms with Crippen LogP contribution in [0.3, 0.4) is 0 Å². The lowest BCUT2D eigenvalue weighted by molar-refractivity contribution is -0.116. The van der Waals surface area contributed by atoms with E-state index in [0.29, 0.717) is 34.4 Å². The van der Waals surface area contributed by atoms with Gasteiger partial charge in [0.1, 0.15) is 10.0 Å². The number of aryl methyl sites for hydroxylation is 2. The summed E-state index contributed by atoms with van der Waals surface area (Å²) in [7, 11) is 0. The highest BCUT2D eigenvalue weighted by atomic mass is 32.2. The number of nitrogens with zero attached hydrogens (tertiary/aromatic N) is 4. The average molecular weight is 535 g/mol.